The molecule has 0 aliphatic carbocycles. The van der Waals surface area contributed by atoms with Crippen LogP contribution in [0.3, 0.4) is 0 Å². The zero-order chi connectivity index (χ0) is 88.2. The molecule has 0 amide bonds. The predicted molar refractivity (Wildman–Crippen MR) is 544 cm³/mol. The summed E-state index contributed by atoms with van der Waals surface area (Å²) in [5, 5.41) is 5.65. The van der Waals surface area contributed by atoms with Crippen molar-refractivity contribution in [2.45, 2.75) is 288 Å². The van der Waals surface area contributed by atoms with E-state index in [0.717, 1.165) is 89.4 Å². The summed E-state index contributed by atoms with van der Waals surface area (Å²) in [7, 11) is -7.94. The van der Waals surface area contributed by atoms with Gasteiger partial charge in [0.05, 0.1) is 55.1 Å². The topological polar surface area (TPSA) is 57.4 Å². The van der Waals surface area contributed by atoms with Crippen LogP contribution in [0.15, 0.2) is 170 Å². The number of hydrogen-bond acceptors (Lipinski definition) is 2. The summed E-state index contributed by atoms with van der Waals surface area (Å²) in [6.07, 6.45) is 9.42. The highest BCUT2D eigenvalue weighted by molar-refractivity contribution is 6.90. The largest absolute Gasteiger partial charge is 0.354 e. The quantitative estimate of drug-likeness (QED) is 0.120. The molecule has 13 rings (SSSR count). The summed E-state index contributed by atoms with van der Waals surface area (Å²) in [5.41, 5.74) is 35.3. The van der Waals surface area contributed by atoms with E-state index in [1.807, 2.05) is 0 Å². The van der Waals surface area contributed by atoms with Crippen LogP contribution in [-0.4, -0.2) is 52.2 Å². The van der Waals surface area contributed by atoms with Crippen LogP contribution < -0.4 is 20.7 Å². The first-order valence-corrected chi connectivity index (χ1v) is 58.5. The highest BCUT2D eigenvalue weighted by atomic mass is 28.3. The minimum atomic E-state index is -1.99. The Morgan fingerprint density at radius 2 is 0.350 bits per heavy atom. The van der Waals surface area contributed by atoms with Crippen LogP contribution in [0.1, 0.15) is 233 Å². The molecule has 120 heavy (non-hydrogen) atoms. The van der Waals surface area contributed by atoms with Gasteiger partial charge in [0, 0.05) is 44.3 Å². The number of hydrogen-bond donors (Lipinski definition) is 2. The third kappa shape index (κ3) is 17.4. The third-order valence-corrected chi connectivity index (χ3v) is 33.3. The first kappa shape index (κ1) is 89.0. The minimum Gasteiger partial charge on any atom is -0.354 e. The van der Waals surface area contributed by atoms with Crippen molar-refractivity contribution in [1.82, 2.24) is 19.9 Å². The van der Waals surface area contributed by atoms with Gasteiger partial charge in [-0.2, -0.15) is 0 Å². The Morgan fingerprint density at radius 3 is 0.492 bits per heavy atom. The van der Waals surface area contributed by atoms with E-state index < -0.39 is 32.3 Å². The predicted octanol–water partition coefficient (Wildman–Crippen LogP) is 30.6. The molecule has 8 heteroatoms. The van der Waals surface area contributed by atoms with Gasteiger partial charge < -0.3 is 9.97 Å². The molecule has 2 N–H and O–H groups in total. The third-order valence-electron chi connectivity index (χ3n) is 25.2. The molecule has 2 aliphatic rings. The summed E-state index contributed by atoms with van der Waals surface area (Å²) < 4.78 is 0. The Bertz CT molecular complexity index is 5260. The van der Waals surface area contributed by atoms with Gasteiger partial charge in [-0.3, -0.25) is 0 Å². The highest BCUT2D eigenvalue weighted by Gasteiger charge is 2.38. The molecule has 0 saturated carbocycles. The van der Waals surface area contributed by atoms with Gasteiger partial charge in [0.2, 0.25) is 0 Å². The van der Waals surface area contributed by atoms with E-state index in [0.29, 0.717) is 0 Å². The van der Waals surface area contributed by atoms with Crippen molar-refractivity contribution in [3.05, 3.63) is 237 Å². The Hall–Kier alpha value is -8.77. The SMILES string of the molecule is CC(C)(C)c1cccc(C(C)(C)C)c1-c1cc([Si](C)(C)C)ccc1-c1c2nc(c(-c3ccc([Si](C)(C)C)cc3-c3c(C(C)(C)C)cccc3C(C)(C)C)c3ccc([nH]3)c(-c3ccc([Si](C)(C)C)cc3-c3c(C(C)(C)C)cccc3C(C)(C)C)c3nc(c(-c4ccc([Si](C)(C)C)cc4-c4c(C(C)(C)C)cccc4C(C)(C)C)c4ccc1[nH]4)C=C3)C=C2. The van der Waals surface area contributed by atoms with E-state index in [-0.39, 0.29) is 43.3 Å². The Morgan fingerprint density at radius 1 is 0.192 bits per heavy atom. The number of benzene rings is 8. The molecule has 5 heterocycles. The van der Waals surface area contributed by atoms with Gasteiger partial charge in [-0.1, -0.05) is 411 Å². The van der Waals surface area contributed by atoms with Crippen molar-refractivity contribution < 1.29 is 0 Å². The van der Waals surface area contributed by atoms with Crippen molar-refractivity contribution >= 4 is 99.4 Å². The lowest BCUT2D eigenvalue weighted by atomic mass is 9.73. The van der Waals surface area contributed by atoms with Gasteiger partial charge in [0.15, 0.2) is 0 Å². The molecule has 3 aromatic heterocycles. The van der Waals surface area contributed by atoms with Crippen LogP contribution in [0.2, 0.25) is 78.6 Å². The lowest BCUT2D eigenvalue weighted by molar-refractivity contribution is 0.571. The summed E-state index contributed by atoms with van der Waals surface area (Å²) in [6.45, 7) is 87.5. The minimum absolute atomic E-state index is 0.210. The van der Waals surface area contributed by atoms with Gasteiger partial charge in [0.1, 0.15) is 0 Å². The van der Waals surface area contributed by atoms with Crippen LogP contribution in [0.25, 0.3) is 135 Å². The molecule has 0 atom stereocenters. The number of nitrogens with one attached hydrogen (secondary N) is 2. The smallest absolute Gasteiger partial charge is 0.0776 e. The van der Waals surface area contributed by atoms with E-state index in [1.54, 1.807) is 0 Å². The second-order valence-electron chi connectivity index (χ2n) is 47.5. The lowest BCUT2D eigenvalue weighted by Crippen LogP contribution is -2.37. The summed E-state index contributed by atoms with van der Waals surface area (Å²) in [4.78, 5) is 21.6. The number of H-pyrrole nitrogens is 2. The zero-order valence-corrected chi connectivity index (χ0v) is 84.4. The van der Waals surface area contributed by atoms with Crippen LogP contribution in [-0.2, 0) is 43.3 Å². The second kappa shape index (κ2) is 30.6. The number of rotatable bonds is 12. The summed E-state index contributed by atoms with van der Waals surface area (Å²) in [6, 6.07) is 68.2. The van der Waals surface area contributed by atoms with E-state index in [4.69, 9.17) is 9.97 Å². The molecule has 0 radical (unpaired) electrons. The first-order valence-electron chi connectivity index (χ1n) is 44.5. The monoisotopic (exact) mass is 1660 g/mol. The molecule has 0 fully saturated rings. The van der Waals surface area contributed by atoms with Crippen LogP contribution in [0, 0.1) is 0 Å². The van der Waals surface area contributed by atoms with E-state index in [1.165, 1.54) is 110 Å². The van der Waals surface area contributed by atoms with Crippen molar-refractivity contribution in [2.75, 3.05) is 0 Å². The molecule has 0 unspecified atom stereocenters. The molecule has 8 bridgehead atoms. The molecular formula is C112H142N4Si4. The molecule has 626 valence electrons. The zero-order valence-electron chi connectivity index (χ0n) is 80.4. The fourth-order valence-corrected chi connectivity index (χ4v) is 23.1. The first-order chi connectivity index (χ1) is 55.1. The van der Waals surface area contributed by atoms with Crippen molar-refractivity contribution in [2.24, 2.45) is 0 Å². The van der Waals surface area contributed by atoms with Crippen molar-refractivity contribution in [1.29, 1.82) is 0 Å². The van der Waals surface area contributed by atoms with Gasteiger partial charge in [-0.25, -0.2) is 9.97 Å². The van der Waals surface area contributed by atoms with Gasteiger partial charge in [0.25, 0.3) is 0 Å². The Kier molecular flexibility index (Phi) is 22.7. The van der Waals surface area contributed by atoms with Crippen LogP contribution in [0.4, 0.5) is 0 Å². The van der Waals surface area contributed by atoms with Crippen molar-refractivity contribution in [3.63, 3.8) is 0 Å². The number of fused-ring (bicyclic) bond motifs is 8. The van der Waals surface area contributed by atoms with E-state index in [9.17, 15) is 0 Å². The maximum Gasteiger partial charge on any atom is 0.0776 e. The van der Waals surface area contributed by atoms with E-state index in [2.05, 4.69) is 449 Å². The number of aromatic nitrogens is 4. The molecule has 2 aliphatic heterocycles. The van der Waals surface area contributed by atoms with Gasteiger partial charge in [-0.15, -0.1) is 0 Å². The fourth-order valence-electron chi connectivity index (χ4n) is 18.5. The molecule has 8 aromatic carbocycles. The highest BCUT2D eigenvalue weighted by Crippen LogP contribution is 2.53. The lowest BCUT2D eigenvalue weighted by Gasteiger charge is -2.32. The standard InChI is InChI=1S/C112H142N4Si4/c1-105(2,3)81-41-37-42-82(106(4,5)6)97(81)77-65-69(117(25,26)27)49-53-73(77)101-89-57-59-91(113-89)102(74-54-50-70(118(28,29)30)66-78(74)98-83(107(7,8)9)43-38-44-84(98)108(10,11)12)93-61-63-95(115-93)104(76-56-52-72(120(34,35)36)68-80(76)100-87(111(19,20)21)47-40-48-88(100)112(22,23)24)96-64-62-94(116-96)103(92-60-58-90(101)114-92)75-55-51-71(119(31,32)33)67-79(75)99-85(109(13,14)15)45-39-46-86(99)110(16,17)18/h37-68,113,116H,1-36H3. The average Bonchev–Trinajstić information content (AvgIpc) is 1.34. The molecule has 4 nitrogen and oxygen atoms in total. The van der Waals surface area contributed by atoms with Crippen LogP contribution >= 0.6 is 0 Å². The van der Waals surface area contributed by atoms with Gasteiger partial charge >= 0.3 is 0 Å². The van der Waals surface area contributed by atoms with Crippen LogP contribution in [0.5, 0.6) is 0 Å². The fraction of sp³-hybridized carbons (Fsp3) is 0.393. The molecule has 0 saturated heterocycles. The maximum atomic E-state index is 6.37. The van der Waals surface area contributed by atoms with E-state index >= 15 is 0 Å². The maximum absolute atomic E-state index is 6.37. The van der Waals surface area contributed by atoms with Gasteiger partial charge in [-0.05, 0) is 203 Å². The molecule has 11 aromatic rings. The van der Waals surface area contributed by atoms with Crippen molar-refractivity contribution in [3.8, 4) is 89.0 Å². The average molecular weight is 1660 g/mol. The summed E-state index contributed by atoms with van der Waals surface area (Å²) in [5.74, 6) is 0. The number of aromatic amines is 2. The second-order valence-corrected chi connectivity index (χ2v) is 67.8. The normalized spacial score (nSPS) is 13.8. The Labute approximate surface area is 728 Å². The number of nitrogens with zero attached hydrogens (tertiary/aromatic N) is 2. The molecule has 0 spiro atoms. The molecular weight excluding hydrogens is 1510 g/mol. The summed E-state index contributed by atoms with van der Waals surface area (Å²) >= 11 is 0. The Balaban J connectivity index is 1.35.